The van der Waals surface area contributed by atoms with Crippen LogP contribution in [-0.2, 0) is 6.18 Å². The number of hydrogen-bond donors (Lipinski definition) is 2. The molecule has 1 atom stereocenters. The predicted octanol–water partition coefficient (Wildman–Crippen LogP) is 3.46. The van der Waals surface area contributed by atoms with Crippen molar-refractivity contribution in [3.8, 4) is 0 Å². The van der Waals surface area contributed by atoms with Crippen LogP contribution in [0.3, 0.4) is 0 Å². The first-order valence-electron chi connectivity index (χ1n) is 6.97. The molecule has 0 saturated carbocycles. The molecule has 0 spiro atoms. The summed E-state index contributed by atoms with van der Waals surface area (Å²) in [7, 11) is 0. The van der Waals surface area contributed by atoms with Crippen molar-refractivity contribution in [2.75, 3.05) is 32.8 Å². The van der Waals surface area contributed by atoms with Gasteiger partial charge in [-0.25, -0.2) is 8.78 Å². The molecule has 3 nitrogen and oxygen atoms in total. The van der Waals surface area contributed by atoms with Crippen LogP contribution in [-0.4, -0.2) is 48.7 Å². The Morgan fingerprint density at radius 3 is 2.25 bits per heavy atom. The lowest BCUT2D eigenvalue weighted by molar-refractivity contribution is -0.138. The van der Waals surface area contributed by atoms with E-state index in [1.54, 1.807) is 0 Å². The third kappa shape index (κ3) is 4.78. The van der Waals surface area contributed by atoms with Crippen LogP contribution in [0.4, 0.5) is 22.0 Å². The van der Waals surface area contributed by atoms with E-state index < -0.39 is 30.3 Å². The SMILES string of the molecule is Cl.OCC(F)(F)[C@H](c1cc(C(F)(F)F)ccc1Br)N1CCNCC1. The first kappa shape index (κ1) is 21.6. The number of aliphatic hydroxyl groups is 1. The van der Waals surface area contributed by atoms with Crippen molar-refractivity contribution in [1.29, 1.82) is 0 Å². The van der Waals surface area contributed by atoms with Gasteiger partial charge in [0.25, 0.3) is 5.92 Å². The average Bonchev–Trinajstić information content (AvgIpc) is 2.49. The fourth-order valence-corrected chi connectivity index (χ4v) is 3.11. The van der Waals surface area contributed by atoms with Crippen molar-refractivity contribution < 1.29 is 27.1 Å². The summed E-state index contributed by atoms with van der Waals surface area (Å²) in [6, 6.07) is 1.03. The molecule has 1 aliphatic rings. The molecule has 2 N–H and O–H groups in total. The van der Waals surface area contributed by atoms with Gasteiger partial charge in [-0.3, -0.25) is 4.90 Å². The van der Waals surface area contributed by atoms with Crippen LogP contribution in [0.5, 0.6) is 0 Å². The summed E-state index contributed by atoms with van der Waals surface area (Å²) in [6.07, 6.45) is -4.63. The molecule has 1 aromatic rings. The Balaban J connectivity index is 0.00000288. The van der Waals surface area contributed by atoms with Crippen molar-refractivity contribution in [1.82, 2.24) is 10.2 Å². The Morgan fingerprint density at radius 1 is 1.17 bits per heavy atom. The van der Waals surface area contributed by atoms with Gasteiger partial charge >= 0.3 is 6.18 Å². The van der Waals surface area contributed by atoms with Gasteiger partial charge in [0.2, 0.25) is 0 Å². The molecule has 0 unspecified atom stereocenters. The van der Waals surface area contributed by atoms with Crippen LogP contribution in [0.2, 0.25) is 0 Å². The average molecular weight is 440 g/mol. The van der Waals surface area contributed by atoms with E-state index in [2.05, 4.69) is 21.2 Å². The second-order valence-electron chi connectivity index (χ2n) is 5.34. The standard InChI is InChI=1S/C14H16BrF5N2O.ClH/c15-11-2-1-9(14(18,19)20)7-10(11)12(13(16,17)8-23)22-5-3-21-4-6-22;/h1-2,7,12,21,23H,3-6,8H2;1H/t12-;/m0./s1. The van der Waals surface area contributed by atoms with Gasteiger partial charge in [0.05, 0.1) is 5.56 Å². The summed E-state index contributed by atoms with van der Waals surface area (Å²) in [4.78, 5) is 1.40. The number of halogens is 7. The van der Waals surface area contributed by atoms with E-state index in [9.17, 15) is 22.0 Å². The van der Waals surface area contributed by atoms with Gasteiger partial charge in [-0.15, -0.1) is 12.4 Å². The highest BCUT2D eigenvalue weighted by atomic mass is 79.9. The summed E-state index contributed by atoms with van der Waals surface area (Å²) in [5.41, 5.74) is -1.18. The fourth-order valence-electron chi connectivity index (χ4n) is 2.65. The summed E-state index contributed by atoms with van der Waals surface area (Å²) >= 11 is 3.06. The number of nitrogens with one attached hydrogen (secondary N) is 1. The zero-order valence-electron chi connectivity index (χ0n) is 12.4. The van der Waals surface area contributed by atoms with Gasteiger partial charge in [-0.05, 0) is 23.8 Å². The Bertz CT molecular complexity index is 552. The molecular formula is C14H17BrClF5N2O. The Hall–Kier alpha value is -0.480. The van der Waals surface area contributed by atoms with E-state index in [-0.39, 0.29) is 35.5 Å². The maximum absolute atomic E-state index is 14.3. The molecule has 0 amide bonds. The number of alkyl halides is 5. The van der Waals surface area contributed by atoms with E-state index in [0.717, 1.165) is 18.2 Å². The van der Waals surface area contributed by atoms with E-state index in [1.807, 2.05) is 0 Å². The molecule has 10 heteroatoms. The van der Waals surface area contributed by atoms with Gasteiger partial charge in [0.1, 0.15) is 12.6 Å². The Morgan fingerprint density at radius 2 is 1.75 bits per heavy atom. The summed E-state index contributed by atoms with van der Waals surface area (Å²) in [6.45, 7) is -0.0284. The van der Waals surface area contributed by atoms with E-state index >= 15 is 0 Å². The monoisotopic (exact) mass is 438 g/mol. The molecule has 1 fully saturated rings. The van der Waals surface area contributed by atoms with Crippen molar-refractivity contribution in [3.05, 3.63) is 33.8 Å². The quantitative estimate of drug-likeness (QED) is 0.706. The minimum absolute atomic E-state index is 0. The molecule has 138 valence electrons. The second kappa shape index (κ2) is 8.27. The van der Waals surface area contributed by atoms with Crippen molar-refractivity contribution >= 4 is 28.3 Å². The molecule has 24 heavy (non-hydrogen) atoms. The maximum atomic E-state index is 14.3. The fraction of sp³-hybridized carbons (Fsp3) is 0.571. The van der Waals surface area contributed by atoms with Crippen molar-refractivity contribution in [3.63, 3.8) is 0 Å². The number of nitrogens with zero attached hydrogens (tertiary/aromatic N) is 1. The molecule has 0 radical (unpaired) electrons. The third-order valence-corrected chi connectivity index (χ3v) is 4.47. The zero-order valence-corrected chi connectivity index (χ0v) is 14.8. The third-order valence-electron chi connectivity index (χ3n) is 3.75. The van der Waals surface area contributed by atoms with Crippen molar-refractivity contribution in [2.45, 2.75) is 18.1 Å². The smallest absolute Gasteiger partial charge is 0.390 e. The molecule has 1 heterocycles. The van der Waals surface area contributed by atoms with Crippen molar-refractivity contribution in [2.24, 2.45) is 0 Å². The van der Waals surface area contributed by atoms with E-state index in [4.69, 9.17) is 5.11 Å². The first-order chi connectivity index (χ1) is 10.7. The number of piperazine rings is 1. The highest BCUT2D eigenvalue weighted by Crippen LogP contribution is 2.42. The highest BCUT2D eigenvalue weighted by molar-refractivity contribution is 9.10. The maximum Gasteiger partial charge on any atom is 0.416 e. The predicted molar refractivity (Wildman–Crippen MR) is 85.6 cm³/mol. The zero-order chi connectivity index (χ0) is 17.3. The number of benzene rings is 1. The molecule has 0 aromatic heterocycles. The van der Waals surface area contributed by atoms with Crippen LogP contribution < -0.4 is 5.32 Å². The van der Waals surface area contributed by atoms with Crippen LogP contribution >= 0.6 is 28.3 Å². The van der Waals surface area contributed by atoms with Crippen LogP contribution in [0, 0.1) is 0 Å². The molecule has 1 aromatic carbocycles. The Labute approximate surface area is 150 Å². The minimum atomic E-state index is -4.63. The molecular weight excluding hydrogens is 423 g/mol. The topological polar surface area (TPSA) is 35.5 Å². The molecule has 2 rings (SSSR count). The van der Waals surface area contributed by atoms with Crippen LogP contribution in [0.1, 0.15) is 17.2 Å². The Kier molecular flexibility index (Phi) is 7.43. The van der Waals surface area contributed by atoms with Gasteiger partial charge in [-0.1, -0.05) is 15.9 Å². The lowest BCUT2D eigenvalue weighted by Gasteiger charge is -2.39. The largest absolute Gasteiger partial charge is 0.416 e. The number of aliphatic hydroxyl groups excluding tert-OH is 1. The van der Waals surface area contributed by atoms with E-state index in [0.29, 0.717) is 13.1 Å². The molecule has 1 saturated heterocycles. The second-order valence-corrected chi connectivity index (χ2v) is 6.20. The minimum Gasteiger partial charge on any atom is -0.390 e. The van der Waals surface area contributed by atoms with Gasteiger partial charge < -0.3 is 10.4 Å². The number of rotatable bonds is 4. The van der Waals surface area contributed by atoms with Gasteiger partial charge in [0, 0.05) is 30.7 Å². The normalized spacial score (nSPS) is 18.1. The first-order valence-corrected chi connectivity index (χ1v) is 7.76. The summed E-state index contributed by atoms with van der Waals surface area (Å²) in [5, 5.41) is 12.0. The molecule has 0 aliphatic carbocycles. The molecule has 0 bridgehead atoms. The summed E-state index contributed by atoms with van der Waals surface area (Å²) < 4.78 is 67.4. The van der Waals surface area contributed by atoms with Gasteiger partial charge in [-0.2, -0.15) is 13.2 Å². The summed E-state index contributed by atoms with van der Waals surface area (Å²) in [5.74, 6) is -3.57. The highest BCUT2D eigenvalue weighted by Gasteiger charge is 2.45. The number of hydrogen-bond acceptors (Lipinski definition) is 3. The van der Waals surface area contributed by atoms with E-state index in [1.165, 1.54) is 4.90 Å². The lowest BCUT2D eigenvalue weighted by Crippen LogP contribution is -2.51. The lowest BCUT2D eigenvalue weighted by atomic mass is 9.96. The van der Waals surface area contributed by atoms with Crippen LogP contribution in [0.15, 0.2) is 22.7 Å². The molecule has 1 aliphatic heterocycles. The van der Waals surface area contributed by atoms with Crippen LogP contribution in [0.25, 0.3) is 0 Å². The van der Waals surface area contributed by atoms with Gasteiger partial charge in [0.15, 0.2) is 0 Å².